The van der Waals surface area contributed by atoms with Crippen LogP contribution in [0.1, 0.15) is 30.1 Å². The molecule has 1 aliphatic rings. The highest BCUT2D eigenvalue weighted by molar-refractivity contribution is 5.97. The van der Waals surface area contributed by atoms with Crippen LogP contribution in [0, 0.1) is 11.8 Å². The number of carboxylic acids is 1. The Bertz CT molecular complexity index is 622. The lowest BCUT2D eigenvalue weighted by Crippen LogP contribution is -2.34. The molecule has 23 heavy (non-hydrogen) atoms. The molecule has 1 aromatic rings. The number of amides is 2. The Hall–Kier alpha value is -2.63. The summed E-state index contributed by atoms with van der Waals surface area (Å²) in [6.45, 7) is 2.38. The van der Waals surface area contributed by atoms with Crippen molar-refractivity contribution in [2.24, 2.45) is 11.8 Å². The third-order valence-corrected chi connectivity index (χ3v) is 3.84. The summed E-state index contributed by atoms with van der Waals surface area (Å²) < 4.78 is 0. The highest BCUT2D eigenvalue weighted by Crippen LogP contribution is 2.27. The summed E-state index contributed by atoms with van der Waals surface area (Å²) in [5, 5.41) is 14.6. The lowest BCUT2D eigenvalue weighted by molar-refractivity contribution is -0.146. The van der Waals surface area contributed by atoms with Crippen molar-refractivity contribution in [2.45, 2.75) is 19.8 Å². The number of rotatable bonds is 5. The minimum absolute atomic E-state index is 0.172. The Kier molecular flexibility index (Phi) is 5.51. The molecule has 0 fully saturated rings. The van der Waals surface area contributed by atoms with E-state index in [0.717, 1.165) is 0 Å². The van der Waals surface area contributed by atoms with Gasteiger partial charge >= 0.3 is 5.97 Å². The molecule has 0 bridgehead atoms. The molecule has 0 spiro atoms. The van der Waals surface area contributed by atoms with Gasteiger partial charge in [-0.05, 0) is 44.0 Å². The van der Waals surface area contributed by atoms with E-state index in [1.54, 1.807) is 30.3 Å². The molecule has 0 saturated carbocycles. The fourth-order valence-corrected chi connectivity index (χ4v) is 2.58. The van der Waals surface area contributed by atoms with Crippen molar-refractivity contribution in [3.8, 4) is 0 Å². The summed E-state index contributed by atoms with van der Waals surface area (Å²) in [6.07, 6.45) is 4.41. The van der Waals surface area contributed by atoms with Gasteiger partial charge in [-0.25, -0.2) is 0 Å². The molecule has 6 nitrogen and oxygen atoms in total. The number of anilines is 1. The summed E-state index contributed by atoms with van der Waals surface area (Å²) >= 11 is 0. The Morgan fingerprint density at radius 3 is 2.26 bits per heavy atom. The standard InChI is InChI=1S/C17H20N2O4/c1-2-18-15(20)11-7-9-12(10-8-11)19-16(21)13-5-3-4-6-14(13)17(22)23/h3-4,7-10,13-14H,2,5-6H2,1H3,(H,18,20)(H,19,21)(H,22,23)/t13-,14-/m1/s1. The number of benzene rings is 1. The van der Waals surface area contributed by atoms with Crippen LogP contribution in [0.3, 0.4) is 0 Å². The minimum Gasteiger partial charge on any atom is -0.481 e. The Balaban J connectivity index is 2.03. The SMILES string of the molecule is CCNC(=O)c1ccc(NC(=O)[C@@H]2CC=CC[C@H]2C(=O)O)cc1. The second kappa shape index (κ2) is 7.58. The maximum atomic E-state index is 12.3. The number of carbonyl (C=O) groups is 3. The number of nitrogens with one attached hydrogen (secondary N) is 2. The van der Waals surface area contributed by atoms with Crippen LogP contribution in [0.15, 0.2) is 36.4 Å². The van der Waals surface area contributed by atoms with Gasteiger partial charge in [0.1, 0.15) is 0 Å². The molecule has 1 aliphatic carbocycles. The second-order valence-electron chi connectivity index (χ2n) is 5.42. The molecule has 3 N–H and O–H groups in total. The van der Waals surface area contributed by atoms with Crippen molar-refractivity contribution in [1.82, 2.24) is 5.32 Å². The van der Waals surface area contributed by atoms with Crippen LogP contribution in [0.25, 0.3) is 0 Å². The zero-order valence-corrected chi connectivity index (χ0v) is 12.9. The summed E-state index contributed by atoms with van der Waals surface area (Å²) in [5.41, 5.74) is 1.05. The number of allylic oxidation sites excluding steroid dienone is 2. The molecule has 2 atom stereocenters. The first-order valence-corrected chi connectivity index (χ1v) is 7.60. The van der Waals surface area contributed by atoms with Crippen LogP contribution >= 0.6 is 0 Å². The molecule has 122 valence electrons. The topological polar surface area (TPSA) is 95.5 Å². The Morgan fingerprint density at radius 1 is 1.09 bits per heavy atom. The monoisotopic (exact) mass is 316 g/mol. The molecule has 2 amide bonds. The summed E-state index contributed by atoms with van der Waals surface area (Å²) in [5.74, 6) is -2.72. The number of hydrogen-bond acceptors (Lipinski definition) is 3. The van der Waals surface area contributed by atoms with Crippen molar-refractivity contribution in [1.29, 1.82) is 0 Å². The molecule has 6 heteroatoms. The van der Waals surface area contributed by atoms with Crippen LogP contribution in [0.2, 0.25) is 0 Å². The number of hydrogen-bond donors (Lipinski definition) is 3. The van der Waals surface area contributed by atoms with E-state index in [-0.39, 0.29) is 11.8 Å². The van der Waals surface area contributed by atoms with Crippen LogP contribution in [-0.2, 0) is 9.59 Å². The maximum Gasteiger partial charge on any atom is 0.307 e. The largest absolute Gasteiger partial charge is 0.481 e. The lowest BCUT2D eigenvalue weighted by Gasteiger charge is -2.24. The van der Waals surface area contributed by atoms with Gasteiger partial charge in [-0.1, -0.05) is 12.2 Å². The van der Waals surface area contributed by atoms with Crippen LogP contribution in [0.4, 0.5) is 5.69 Å². The molecule has 0 heterocycles. The van der Waals surface area contributed by atoms with Gasteiger partial charge in [-0.2, -0.15) is 0 Å². The maximum absolute atomic E-state index is 12.3. The second-order valence-corrected chi connectivity index (χ2v) is 5.42. The van der Waals surface area contributed by atoms with E-state index in [0.29, 0.717) is 30.6 Å². The first-order chi connectivity index (χ1) is 11.0. The third kappa shape index (κ3) is 4.18. The van der Waals surface area contributed by atoms with Gasteiger partial charge in [-0.3, -0.25) is 14.4 Å². The Labute approximate surface area is 134 Å². The van der Waals surface area contributed by atoms with E-state index in [1.165, 1.54) is 0 Å². The number of carbonyl (C=O) groups excluding carboxylic acids is 2. The fourth-order valence-electron chi connectivity index (χ4n) is 2.58. The normalized spacial score (nSPS) is 19.9. The van der Waals surface area contributed by atoms with Gasteiger partial charge in [0.05, 0.1) is 11.8 Å². The van der Waals surface area contributed by atoms with Gasteiger partial charge < -0.3 is 15.7 Å². The average molecular weight is 316 g/mol. The van der Waals surface area contributed by atoms with Crippen LogP contribution in [0.5, 0.6) is 0 Å². The van der Waals surface area contributed by atoms with E-state index < -0.39 is 17.8 Å². The lowest BCUT2D eigenvalue weighted by atomic mass is 9.82. The van der Waals surface area contributed by atoms with Crippen molar-refractivity contribution in [3.05, 3.63) is 42.0 Å². The van der Waals surface area contributed by atoms with Crippen LogP contribution in [-0.4, -0.2) is 29.4 Å². The van der Waals surface area contributed by atoms with Crippen molar-refractivity contribution in [3.63, 3.8) is 0 Å². The van der Waals surface area contributed by atoms with Crippen LogP contribution < -0.4 is 10.6 Å². The smallest absolute Gasteiger partial charge is 0.307 e. The van der Waals surface area contributed by atoms with Gasteiger partial charge in [0.25, 0.3) is 5.91 Å². The highest BCUT2D eigenvalue weighted by Gasteiger charge is 2.33. The van der Waals surface area contributed by atoms with E-state index in [9.17, 15) is 19.5 Å². The van der Waals surface area contributed by atoms with E-state index in [1.807, 2.05) is 13.0 Å². The van der Waals surface area contributed by atoms with Crippen molar-refractivity contribution >= 4 is 23.5 Å². The Morgan fingerprint density at radius 2 is 1.70 bits per heavy atom. The van der Waals surface area contributed by atoms with E-state index in [4.69, 9.17) is 0 Å². The molecular formula is C17H20N2O4. The molecule has 0 saturated heterocycles. The van der Waals surface area contributed by atoms with Gasteiger partial charge in [0.2, 0.25) is 5.91 Å². The predicted octanol–water partition coefficient (Wildman–Crippen LogP) is 2.04. The van der Waals surface area contributed by atoms with Gasteiger partial charge in [-0.15, -0.1) is 0 Å². The van der Waals surface area contributed by atoms with Gasteiger partial charge in [0.15, 0.2) is 0 Å². The number of carboxylic acid groups (broad SMARTS) is 1. The molecule has 2 rings (SSSR count). The quantitative estimate of drug-likeness (QED) is 0.724. The fraction of sp³-hybridized carbons (Fsp3) is 0.353. The van der Waals surface area contributed by atoms with Gasteiger partial charge in [0, 0.05) is 17.8 Å². The summed E-state index contributed by atoms with van der Waals surface area (Å²) in [7, 11) is 0. The zero-order valence-electron chi connectivity index (χ0n) is 12.9. The third-order valence-electron chi connectivity index (χ3n) is 3.84. The molecule has 0 aliphatic heterocycles. The predicted molar refractivity (Wildman–Crippen MR) is 86.1 cm³/mol. The molecule has 0 unspecified atom stereocenters. The molecule has 0 aromatic heterocycles. The van der Waals surface area contributed by atoms with E-state index in [2.05, 4.69) is 10.6 Å². The molecular weight excluding hydrogens is 296 g/mol. The average Bonchev–Trinajstić information content (AvgIpc) is 2.55. The number of aliphatic carboxylic acids is 1. The van der Waals surface area contributed by atoms with Crippen molar-refractivity contribution in [2.75, 3.05) is 11.9 Å². The summed E-state index contributed by atoms with van der Waals surface area (Å²) in [6, 6.07) is 6.51. The van der Waals surface area contributed by atoms with Crippen molar-refractivity contribution < 1.29 is 19.5 Å². The first-order valence-electron chi connectivity index (χ1n) is 7.60. The zero-order chi connectivity index (χ0) is 16.8. The highest BCUT2D eigenvalue weighted by atomic mass is 16.4. The summed E-state index contributed by atoms with van der Waals surface area (Å²) in [4.78, 5) is 35.2. The van der Waals surface area contributed by atoms with E-state index >= 15 is 0 Å². The first kappa shape index (κ1) is 16.7. The minimum atomic E-state index is -0.957. The molecule has 0 radical (unpaired) electrons. The molecule has 1 aromatic carbocycles.